The highest BCUT2D eigenvalue weighted by Gasteiger charge is 2.19. The smallest absolute Gasteiger partial charge is 0.316 e. The van der Waals surface area contributed by atoms with E-state index in [-0.39, 0.29) is 17.8 Å². The van der Waals surface area contributed by atoms with Crippen molar-refractivity contribution >= 4 is 17.4 Å². The third-order valence-corrected chi connectivity index (χ3v) is 3.62. The number of nitrogens with zero attached hydrogens (tertiary/aromatic N) is 3. The average molecular weight is 328 g/mol. The topological polar surface area (TPSA) is 88.4 Å². The number of nitro benzene ring substituents is 1. The summed E-state index contributed by atoms with van der Waals surface area (Å²) in [6.07, 6.45) is 1.68. The van der Waals surface area contributed by atoms with E-state index in [1.807, 2.05) is 32.0 Å². The van der Waals surface area contributed by atoms with E-state index in [1.54, 1.807) is 24.1 Å². The molecule has 2 amide bonds. The number of hydrogen-bond acceptors (Lipinski definition) is 4. The highest BCUT2D eigenvalue weighted by Crippen LogP contribution is 2.22. The molecule has 1 heterocycles. The van der Waals surface area contributed by atoms with Crippen molar-refractivity contribution in [2.45, 2.75) is 33.4 Å². The molecule has 0 spiro atoms. The molecule has 0 fully saturated rings. The van der Waals surface area contributed by atoms with Crippen LogP contribution in [0.1, 0.15) is 25.1 Å². The van der Waals surface area contributed by atoms with Gasteiger partial charge in [0, 0.05) is 24.4 Å². The van der Waals surface area contributed by atoms with Crippen molar-refractivity contribution in [3.05, 3.63) is 64.0 Å². The minimum absolute atomic E-state index is 0.0500. The van der Waals surface area contributed by atoms with Crippen molar-refractivity contribution in [2.24, 2.45) is 0 Å². The number of aryl methyl sites for hydroxylation is 1. The second-order valence-electron chi connectivity index (χ2n) is 5.73. The Morgan fingerprint density at radius 2 is 2.08 bits per heavy atom. The number of urea groups is 1. The summed E-state index contributed by atoms with van der Waals surface area (Å²) in [6, 6.07) is 9.56. The average Bonchev–Trinajstić information content (AvgIpc) is 2.55. The summed E-state index contributed by atoms with van der Waals surface area (Å²) in [4.78, 5) is 28.9. The molecule has 0 atom stereocenters. The number of anilines is 1. The second-order valence-corrected chi connectivity index (χ2v) is 5.73. The Labute approximate surface area is 140 Å². The van der Waals surface area contributed by atoms with Crippen LogP contribution in [-0.4, -0.2) is 26.9 Å². The lowest BCUT2D eigenvalue weighted by molar-refractivity contribution is -0.384. The van der Waals surface area contributed by atoms with E-state index in [2.05, 4.69) is 10.3 Å². The summed E-state index contributed by atoms with van der Waals surface area (Å²) in [5.74, 6) is 0. The predicted molar refractivity (Wildman–Crippen MR) is 91.8 cm³/mol. The van der Waals surface area contributed by atoms with Crippen molar-refractivity contribution in [3.63, 3.8) is 0 Å². The molecule has 0 unspecified atom stereocenters. The van der Waals surface area contributed by atoms with Gasteiger partial charge in [-0.05, 0) is 38.5 Å². The highest BCUT2D eigenvalue weighted by molar-refractivity contribution is 5.90. The first-order valence-corrected chi connectivity index (χ1v) is 7.61. The Kier molecular flexibility index (Phi) is 5.47. The quantitative estimate of drug-likeness (QED) is 0.669. The number of amides is 2. The maximum atomic E-state index is 12.6. The van der Waals surface area contributed by atoms with Gasteiger partial charge in [0.1, 0.15) is 0 Å². The zero-order chi connectivity index (χ0) is 17.7. The summed E-state index contributed by atoms with van der Waals surface area (Å²) >= 11 is 0. The van der Waals surface area contributed by atoms with Crippen molar-refractivity contribution in [1.29, 1.82) is 0 Å². The Morgan fingerprint density at radius 1 is 1.33 bits per heavy atom. The number of non-ortho nitro benzene ring substituents is 1. The maximum absolute atomic E-state index is 12.6. The molecule has 24 heavy (non-hydrogen) atoms. The number of carbonyl (C=O) groups is 1. The molecule has 0 radical (unpaired) electrons. The summed E-state index contributed by atoms with van der Waals surface area (Å²) in [6.45, 7) is 5.96. The molecule has 7 heteroatoms. The zero-order valence-corrected chi connectivity index (χ0v) is 13.9. The van der Waals surface area contributed by atoms with Gasteiger partial charge < -0.3 is 10.2 Å². The van der Waals surface area contributed by atoms with Gasteiger partial charge in [-0.25, -0.2) is 4.79 Å². The first-order valence-electron chi connectivity index (χ1n) is 7.61. The molecule has 1 N–H and O–H groups in total. The van der Waals surface area contributed by atoms with Crippen molar-refractivity contribution in [3.8, 4) is 0 Å². The third-order valence-electron chi connectivity index (χ3n) is 3.62. The lowest BCUT2D eigenvalue weighted by Crippen LogP contribution is -2.39. The number of pyridine rings is 1. The Morgan fingerprint density at radius 3 is 2.67 bits per heavy atom. The summed E-state index contributed by atoms with van der Waals surface area (Å²) in [5, 5.41) is 13.7. The monoisotopic (exact) mass is 328 g/mol. The number of rotatable bonds is 5. The third kappa shape index (κ3) is 4.28. The number of hydrogen-bond donors (Lipinski definition) is 1. The number of nitro groups is 1. The van der Waals surface area contributed by atoms with Crippen molar-refractivity contribution in [1.82, 2.24) is 9.88 Å². The van der Waals surface area contributed by atoms with Crippen LogP contribution < -0.4 is 5.32 Å². The molecule has 0 aliphatic heterocycles. The Hall–Kier alpha value is -2.96. The minimum Gasteiger partial charge on any atom is -0.316 e. The number of nitrogens with one attached hydrogen (secondary N) is 1. The molecule has 0 aliphatic carbocycles. The van der Waals surface area contributed by atoms with Gasteiger partial charge in [-0.15, -0.1) is 0 Å². The fraction of sp³-hybridized carbons (Fsp3) is 0.294. The minimum atomic E-state index is -0.483. The first-order chi connectivity index (χ1) is 11.4. The van der Waals surface area contributed by atoms with Gasteiger partial charge >= 0.3 is 6.03 Å². The van der Waals surface area contributed by atoms with Gasteiger partial charge in [0.2, 0.25) is 0 Å². The SMILES string of the molecule is Cc1ccc([N+](=O)[O-])cc1NC(=O)N(Cc1ccccn1)C(C)C. The first kappa shape index (κ1) is 17.4. The van der Waals surface area contributed by atoms with E-state index >= 15 is 0 Å². The summed E-state index contributed by atoms with van der Waals surface area (Å²) in [7, 11) is 0. The van der Waals surface area contributed by atoms with Gasteiger partial charge in [0.15, 0.2) is 0 Å². The van der Waals surface area contributed by atoms with E-state index in [4.69, 9.17) is 0 Å². The molecule has 0 bridgehead atoms. The zero-order valence-electron chi connectivity index (χ0n) is 13.9. The molecule has 1 aromatic heterocycles. The number of aromatic nitrogens is 1. The summed E-state index contributed by atoms with van der Waals surface area (Å²) in [5.41, 5.74) is 1.91. The summed E-state index contributed by atoms with van der Waals surface area (Å²) < 4.78 is 0. The molecule has 0 saturated carbocycles. The van der Waals surface area contributed by atoms with E-state index in [0.717, 1.165) is 11.3 Å². The molecule has 7 nitrogen and oxygen atoms in total. The van der Waals surface area contributed by atoms with Gasteiger partial charge in [-0.1, -0.05) is 12.1 Å². The van der Waals surface area contributed by atoms with Crippen molar-refractivity contribution in [2.75, 3.05) is 5.32 Å². The number of carbonyl (C=O) groups excluding carboxylic acids is 1. The van der Waals surface area contributed by atoms with E-state index in [1.165, 1.54) is 12.1 Å². The fourth-order valence-corrected chi connectivity index (χ4v) is 2.20. The van der Waals surface area contributed by atoms with Crippen LogP contribution in [0.15, 0.2) is 42.6 Å². The molecular weight excluding hydrogens is 308 g/mol. The van der Waals surface area contributed by atoms with Crippen LogP contribution in [0, 0.1) is 17.0 Å². The van der Waals surface area contributed by atoms with E-state index in [9.17, 15) is 14.9 Å². The number of benzene rings is 1. The second kappa shape index (κ2) is 7.54. The molecule has 0 aliphatic rings. The largest absolute Gasteiger partial charge is 0.322 e. The van der Waals surface area contributed by atoms with Gasteiger partial charge in [-0.3, -0.25) is 15.1 Å². The van der Waals surface area contributed by atoms with E-state index < -0.39 is 4.92 Å². The lowest BCUT2D eigenvalue weighted by Gasteiger charge is -2.27. The van der Waals surface area contributed by atoms with Crippen LogP contribution >= 0.6 is 0 Å². The van der Waals surface area contributed by atoms with Crippen LogP contribution in [0.4, 0.5) is 16.2 Å². The normalized spacial score (nSPS) is 10.5. The predicted octanol–water partition coefficient (Wildman–Crippen LogP) is 3.74. The van der Waals surface area contributed by atoms with Gasteiger partial charge in [0.25, 0.3) is 5.69 Å². The van der Waals surface area contributed by atoms with Gasteiger partial charge in [0.05, 0.1) is 22.8 Å². The molecule has 126 valence electrons. The van der Waals surface area contributed by atoms with Crippen LogP contribution in [0.2, 0.25) is 0 Å². The van der Waals surface area contributed by atoms with Crippen LogP contribution in [0.3, 0.4) is 0 Å². The Balaban J connectivity index is 2.19. The standard InChI is InChI=1S/C17H20N4O3/c1-12(2)20(11-14-6-4-5-9-18-14)17(22)19-16-10-15(21(23)24)8-7-13(16)3/h4-10,12H,11H2,1-3H3,(H,19,22). The molecule has 2 aromatic rings. The maximum Gasteiger partial charge on any atom is 0.322 e. The van der Waals surface area contributed by atoms with Crippen LogP contribution in [0.5, 0.6) is 0 Å². The lowest BCUT2D eigenvalue weighted by atomic mass is 10.2. The molecule has 2 rings (SSSR count). The molecule has 1 aromatic carbocycles. The Bertz CT molecular complexity index is 732. The van der Waals surface area contributed by atoms with Crippen LogP contribution in [0.25, 0.3) is 0 Å². The highest BCUT2D eigenvalue weighted by atomic mass is 16.6. The van der Waals surface area contributed by atoms with Crippen molar-refractivity contribution < 1.29 is 9.72 Å². The van der Waals surface area contributed by atoms with Crippen LogP contribution in [-0.2, 0) is 6.54 Å². The molecular formula is C17H20N4O3. The van der Waals surface area contributed by atoms with E-state index in [0.29, 0.717) is 12.2 Å². The van der Waals surface area contributed by atoms with Gasteiger partial charge in [-0.2, -0.15) is 0 Å². The molecule has 0 saturated heterocycles. The fourth-order valence-electron chi connectivity index (χ4n) is 2.20.